The number of amides is 2. The number of para-hydroxylation sites is 1. The lowest BCUT2D eigenvalue weighted by Crippen LogP contribution is -2.35. The molecule has 7 nitrogen and oxygen atoms in total. The molecule has 0 aliphatic carbocycles. The second-order valence-corrected chi connectivity index (χ2v) is 7.18. The smallest absolute Gasteiger partial charge is 0.291 e. The normalized spacial score (nSPS) is 14.2. The molecule has 1 aliphatic heterocycles. The number of benzene rings is 2. The van der Waals surface area contributed by atoms with Crippen LogP contribution in [0.4, 0.5) is 11.4 Å². The molecule has 0 atom stereocenters. The first-order valence-corrected chi connectivity index (χ1v) is 9.91. The van der Waals surface area contributed by atoms with Gasteiger partial charge < -0.3 is 24.1 Å². The summed E-state index contributed by atoms with van der Waals surface area (Å²) >= 11 is 0. The molecule has 0 bridgehead atoms. The number of methoxy groups -OCH3 is 2. The summed E-state index contributed by atoms with van der Waals surface area (Å²) in [7, 11) is 3.14. The molecule has 7 heteroatoms. The number of nitrogens with one attached hydrogen (secondary N) is 1. The van der Waals surface area contributed by atoms with Crippen LogP contribution < -0.4 is 15.0 Å². The summed E-state index contributed by atoms with van der Waals surface area (Å²) in [6.07, 6.45) is 2.34. The van der Waals surface area contributed by atoms with E-state index >= 15 is 0 Å². The Balaban J connectivity index is 1.65. The molecule has 1 saturated heterocycles. The number of nitrogens with zero attached hydrogens (tertiary/aromatic N) is 1. The fourth-order valence-corrected chi connectivity index (χ4v) is 3.80. The molecule has 30 heavy (non-hydrogen) atoms. The fourth-order valence-electron chi connectivity index (χ4n) is 3.80. The summed E-state index contributed by atoms with van der Waals surface area (Å²) in [5.74, 6) is 0.485. The van der Waals surface area contributed by atoms with Gasteiger partial charge in [-0.2, -0.15) is 0 Å². The van der Waals surface area contributed by atoms with Gasteiger partial charge in [0.05, 0.1) is 19.4 Å². The SMILES string of the molecule is COCc1c(C(=O)Nc2ccc(OC)c(N3CCCCC3=O)c2)oc2ccccc12. The zero-order valence-corrected chi connectivity index (χ0v) is 17.1. The van der Waals surface area contributed by atoms with Gasteiger partial charge in [-0.05, 0) is 37.1 Å². The van der Waals surface area contributed by atoms with E-state index in [-0.39, 0.29) is 24.2 Å². The van der Waals surface area contributed by atoms with Crippen LogP contribution in [0.15, 0.2) is 46.9 Å². The predicted molar refractivity (Wildman–Crippen MR) is 114 cm³/mol. The molecule has 156 valence electrons. The molecule has 2 aromatic carbocycles. The highest BCUT2D eigenvalue weighted by Gasteiger charge is 2.24. The Bertz CT molecular complexity index is 1090. The number of hydrogen-bond acceptors (Lipinski definition) is 5. The van der Waals surface area contributed by atoms with Crippen LogP contribution in [-0.2, 0) is 16.1 Å². The van der Waals surface area contributed by atoms with Crippen molar-refractivity contribution in [1.29, 1.82) is 0 Å². The van der Waals surface area contributed by atoms with Crippen LogP contribution in [-0.4, -0.2) is 32.6 Å². The van der Waals surface area contributed by atoms with Crippen LogP contribution in [0.5, 0.6) is 5.75 Å². The van der Waals surface area contributed by atoms with Gasteiger partial charge in [0.15, 0.2) is 5.76 Å². The van der Waals surface area contributed by atoms with Crippen LogP contribution in [0.25, 0.3) is 11.0 Å². The molecule has 4 rings (SSSR count). The van der Waals surface area contributed by atoms with Crippen molar-refractivity contribution >= 4 is 34.2 Å². The maximum absolute atomic E-state index is 13.0. The fraction of sp³-hybridized carbons (Fsp3) is 0.304. The number of piperidine rings is 1. The van der Waals surface area contributed by atoms with Gasteiger partial charge in [0.25, 0.3) is 5.91 Å². The van der Waals surface area contributed by atoms with E-state index in [0.29, 0.717) is 41.2 Å². The molecule has 0 unspecified atom stereocenters. The van der Waals surface area contributed by atoms with Crippen LogP contribution in [0.3, 0.4) is 0 Å². The van der Waals surface area contributed by atoms with E-state index < -0.39 is 0 Å². The van der Waals surface area contributed by atoms with Crippen molar-refractivity contribution in [2.45, 2.75) is 25.9 Å². The maximum Gasteiger partial charge on any atom is 0.291 e. The lowest BCUT2D eigenvalue weighted by atomic mass is 10.1. The van der Waals surface area contributed by atoms with Crippen molar-refractivity contribution in [2.75, 3.05) is 31.0 Å². The molecule has 0 spiro atoms. The number of carbonyl (C=O) groups is 2. The van der Waals surface area contributed by atoms with Gasteiger partial charge in [-0.15, -0.1) is 0 Å². The van der Waals surface area contributed by atoms with Gasteiger partial charge in [0, 0.05) is 36.7 Å². The van der Waals surface area contributed by atoms with E-state index in [4.69, 9.17) is 13.9 Å². The van der Waals surface area contributed by atoms with E-state index in [1.54, 1.807) is 37.3 Å². The van der Waals surface area contributed by atoms with E-state index in [1.807, 2.05) is 24.3 Å². The third-order valence-electron chi connectivity index (χ3n) is 5.24. The van der Waals surface area contributed by atoms with Gasteiger partial charge in [-0.1, -0.05) is 18.2 Å². The Morgan fingerprint density at radius 2 is 2.00 bits per heavy atom. The number of anilines is 2. The van der Waals surface area contributed by atoms with Crippen molar-refractivity contribution in [3.8, 4) is 5.75 Å². The van der Waals surface area contributed by atoms with Gasteiger partial charge in [0.2, 0.25) is 5.91 Å². The summed E-state index contributed by atoms with van der Waals surface area (Å²) in [4.78, 5) is 27.1. The minimum Gasteiger partial charge on any atom is -0.495 e. The molecule has 3 aromatic rings. The zero-order chi connectivity index (χ0) is 21.1. The Hall–Kier alpha value is -3.32. The van der Waals surface area contributed by atoms with Crippen LogP contribution in [0.1, 0.15) is 35.4 Å². The second-order valence-electron chi connectivity index (χ2n) is 7.18. The van der Waals surface area contributed by atoms with Crippen molar-refractivity contribution in [3.05, 3.63) is 53.8 Å². The first kappa shape index (κ1) is 20.0. The molecular formula is C23H24N2O5. The Morgan fingerprint density at radius 3 is 2.77 bits per heavy atom. The number of furan rings is 1. The monoisotopic (exact) mass is 408 g/mol. The molecule has 1 N–H and O–H groups in total. The van der Waals surface area contributed by atoms with Gasteiger partial charge in [0.1, 0.15) is 11.3 Å². The van der Waals surface area contributed by atoms with Gasteiger partial charge in [-0.3, -0.25) is 9.59 Å². The molecule has 2 heterocycles. The molecule has 0 radical (unpaired) electrons. The minimum absolute atomic E-state index is 0.0580. The molecule has 1 aromatic heterocycles. The van der Waals surface area contributed by atoms with Gasteiger partial charge in [-0.25, -0.2) is 0 Å². The van der Waals surface area contributed by atoms with Crippen molar-refractivity contribution < 1.29 is 23.5 Å². The summed E-state index contributed by atoms with van der Waals surface area (Å²) < 4.78 is 16.5. The average molecular weight is 408 g/mol. The standard InChI is InChI=1S/C23H24N2O5/c1-28-14-17-16-7-3-4-8-19(16)30-22(17)23(27)24-15-10-11-20(29-2)18(13-15)25-12-6-5-9-21(25)26/h3-4,7-8,10-11,13H,5-6,9,12,14H2,1-2H3,(H,24,27). The Kier molecular flexibility index (Phi) is 5.72. The number of hydrogen-bond donors (Lipinski definition) is 1. The first-order valence-electron chi connectivity index (χ1n) is 9.91. The quantitative estimate of drug-likeness (QED) is 0.656. The maximum atomic E-state index is 13.0. The van der Waals surface area contributed by atoms with Crippen LogP contribution >= 0.6 is 0 Å². The molecule has 1 fully saturated rings. The third kappa shape index (κ3) is 3.76. The Labute approximate surface area is 174 Å². The van der Waals surface area contributed by atoms with E-state index in [2.05, 4.69) is 5.32 Å². The summed E-state index contributed by atoms with van der Waals surface area (Å²) in [5.41, 5.74) is 2.54. The summed E-state index contributed by atoms with van der Waals surface area (Å²) in [5, 5.41) is 3.73. The number of carbonyl (C=O) groups excluding carboxylic acids is 2. The van der Waals surface area contributed by atoms with Crippen LogP contribution in [0, 0.1) is 0 Å². The van der Waals surface area contributed by atoms with Gasteiger partial charge >= 0.3 is 0 Å². The topological polar surface area (TPSA) is 81.0 Å². The largest absolute Gasteiger partial charge is 0.495 e. The second kappa shape index (κ2) is 8.59. The number of ether oxygens (including phenoxy) is 2. The first-order chi connectivity index (χ1) is 14.6. The highest BCUT2D eigenvalue weighted by atomic mass is 16.5. The Morgan fingerprint density at radius 1 is 1.17 bits per heavy atom. The number of fused-ring (bicyclic) bond motifs is 1. The zero-order valence-electron chi connectivity index (χ0n) is 17.1. The van der Waals surface area contributed by atoms with E-state index in [1.165, 1.54) is 0 Å². The minimum atomic E-state index is -0.376. The molecular weight excluding hydrogens is 384 g/mol. The molecule has 1 aliphatic rings. The highest BCUT2D eigenvalue weighted by molar-refractivity contribution is 6.07. The van der Waals surface area contributed by atoms with Crippen molar-refractivity contribution in [3.63, 3.8) is 0 Å². The van der Waals surface area contributed by atoms with E-state index in [0.717, 1.165) is 18.2 Å². The lowest BCUT2D eigenvalue weighted by molar-refractivity contribution is -0.119. The van der Waals surface area contributed by atoms with E-state index in [9.17, 15) is 9.59 Å². The van der Waals surface area contributed by atoms with Crippen LogP contribution in [0.2, 0.25) is 0 Å². The molecule has 0 saturated carbocycles. The molecule has 2 amide bonds. The summed E-state index contributed by atoms with van der Waals surface area (Å²) in [6, 6.07) is 12.7. The third-order valence-corrected chi connectivity index (χ3v) is 5.24. The highest BCUT2D eigenvalue weighted by Crippen LogP contribution is 2.34. The van der Waals surface area contributed by atoms with Crippen molar-refractivity contribution in [2.24, 2.45) is 0 Å². The predicted octanol–water partition coefficient (Wildman–Crippen LogP) is 4.36. The average Bonchev–Trinajstić information content (AvgIpc) is 3.13. The summed E-state index contributed by atoms with van der Waals surface area (Å²) in [6.45, 7) is 0.893. The van der Waals surface area contributed by atoms with Crippen molar-refractivity contribution in [1.82, 2.24) is 0 Å². The lowest BCUT2D eigenvalue weighted by Gasteiger charge is -2.28. The number of rotatable bonds is 6.